The van der Waals surface area contributed by atoms with E-state index in [9.17, 15) is 18.1 Å². The van der Waals surface area contributed by atoms with Gasteiger partial charge in [0.05, 0.1) is 18.1 Å². The van der Waals surface area contributed by atoms with Crippen molar-refractivity contribution < 1.29 is 17.5 Å². The van der Waals surface area contributed by atoms with E-state index in [1.807, 2.05) is 0 Å². The van der Waals surface area contributed by atoms with E-state index in [0.717, 1.165) is 0 Å². The molecular formula is C19H20FN3O3S. The highest BCUT2D eigenvalue weighted by Gasteiger charge is 2.32. The predicted molar refractivity (Wildman–Crippen MR) is 98.1 cm³/mol. The Bertz CT molecular complexity index is 933. The number of benzene rings is 2. The summed E-state index contributed by atoms with van der Waals surface area (Å²) in [6.07, 6.45) is 0. The van der Waals surface area contributed by atoms with Gasteiger partial charge in [0.25, 0.3) is 0 Å². The van der Waals surface area contributed by atoms with Crippen LogP contribution < -0.4 is 4.74 Å². The molecule has 142 valence electrons. The Morgan fingerprint density at radius 2 is 1.70 bits per heavy atom. The first kappa shape index (κ1) is 19.3. The second kappa shape index (κ2) is 8.05. The van der Waals surface area contributed by atoms with E-state index in [1.54, 1.807) is 35.2 Å². The lowest BCUT2D eigenvalue weighted by Gasteiger charge is -2.36. The maximum atomic E-state index is 14.0. The van der Waals surface area contributed by atoms with Gasteiger partial charge >= 0.3 is 0 Å². The van der Waals surface area contributed by atoms with Crippen molar-refractivity contribution >= 4 is 10.0 Å². The van der Waals surface area contributed by atoms with E-state index in [0.29, 0.717) is 24.4 Å². The lowest BCUT2D eigenvalue weighted by atomic mass is 10.1. The zero-order valence-corrected chi connectivity index (χ0v) is 15.7. The third-order valence-electron chi connectivity index (χ3n) is 4.66. The molecule has 6 nitrogen and oxygen atoms in total. The summed E-state index contributed by atoms with van der Waals surface area (Å²) >= 11 is 0. The van der Waals surface area contributed by atoms with Crippen molar-refractivity contribution in [2.45, 2.75) is 10.9 Å². The first-order chi connectivity index (χ1) is 13.0. The lowest BCUT2D eigenvalue weighted by Crippen LogP contribution is -2.49. The summed E-state index contributed by atoms with van der Waals surface area (Å²) in [5.41, 5.74) is 0.312. The smallest absolute Gasteiger partial charge is 0.243 e. The fourth-order valence-electron chi connectivity index (χ4n) is 3.14. The number of hydrogen-bond acceptors (Lipinski definition) is 5. The van der Waals surface area contributed by atoms with Gasteiger partial charge in [0.1, 0.15) is 17.6 Å². The molecule has 0 aliphatic carbocycles. The number of nitrogens with zero attached hydrogens (tertiary/aromatic N) is 3. The number of hydrogen-bond donors (Lipinski definition) is 0. The minimum absolute atomic E-state index is 0.197. The van der Waals surface area contributed by atoms with Crippen LogP contribution in [0.4, 0.5) is 4.39 Å². The van der Waals surface area contributed by atoms with E-state index < -0.39 is 21.9 Å². The fraction of sp³-hybridized carbons (Fsp3) is 0.316. The Morgan fingerprint density at radius 3 is 2.26 bits per heavy atom. The van der Waals surface area contributed by atoms with Gasteiger partial charge in [-0.2, -0.15) is 9.57 Å². The standard InChI is InChI=1S/C19H20FN3O3S/c1-26-15-6-8-16(9-7-15)27(24,25)23-12-10-22(11-13-23)19(14-21)17-4-2-3-5-18(17)20/h2-9,19H,10-13H2,1H3. The van der Waals surface area contributed by atoms with Crippen molar-refractivity contribution in [3.8, 4) is 11.8 Å². The monoisotopic (exact) mass is 389 g/mol. The summed E-state index contributed by atoms with van der Waals surface area (Å²) in [5.74, 6) is 0.151. The van der Waals surface area contributed by atoms with Gasteiger partial charge in [0, 0.05) is 31.7 Å². The quantitative estimate of drug-likeness (QED) is 0.785. The normalized spacial score (nSPS) is 17.2. The molecule has 0 N–H and O–H groups in total. The van der Waals surface area contributed by atoms with Crippen LogP contribution in [0, 0.1) is 17.1 Å². The van der Waals surface area contributed by atoms with Crippen molar-refractivity contribution in [3.63, 3.8) is 0 Å². The first-order valence-electron chi connectivity index (χ1n) is 8.49. The van der Waals surface area contributed by atoms with E-state index in [4.69, 9.17) is 4.74 Å². The lowest BCUT2D eigenvalue weighted by molar-refractivity contribution is 0.160. The number of halogens is 1. The van der Waals surface area contributed by atoms with Gasteiger partial charge < -0.3 is 4.74 Å². The van der Waals surface area contributed by atoms with Crippen LogP contribution in [0.5, 0.6) is 5.75 Å². The Hall–Kier alpha value is -2.47. The highest BCUT2D eigenvalue weighted by molar-refractivity contribution is 7.89. The molecule has 0 spiro atoms. The molecule has 1 unspecified atom stereocenters. The first-order valence-corrected chi connectivity index (χ1v) is 9.93. The SMILES string of the molecule is COc1ccc(S(=O)(=O)N2CCN(C(C#N)c3ccccc3F)CC2)cc1. The molecule has 3 rings (SSSR count). The van der Waals surface area contributed by atoms with Crippen molar-refractivity contribution in [3.05, 3.63) is 59.9 Å². The molecule has 2 aromatic rings. The molecule has 1 aliphatic rings. The summed E-state index contributed by atoms with van der Waals surface area (Å²) < 4.78 is 46.1. The molecule has 0 bridgehead atoms. The van der Waals surface area contributed by atoms with E-state index >= 15 is 0 Å². The van der Waals surface area contributed by atoms with Gasteiger partial charge in [0.2, 0.25) is 10.0 Å². The second-order valence-electron chi connectivity index (χ2n) is 6.17. The molecule has 1 aliphatic heterocycles. The van der Waals surface area contributed by atoms with Crippen LogP contribution in [-0.2, 0) is 10.0 Å². The summed E-state index contributed by atoms with van der Waals surface area (Å²) in [4.78, 5) is 2.00. The Morgan fingerprint density at radius 1 is 1.07 bits per heavy atom. The Kier molecular flexibility index (Phi) is 5.75. The summed E-state index contributed by atoms with van der Waals surface area (Å²) in [5, 5.41) is 9.51. The molecule has 1 saturated heterocycles. The molecule has 0 aromatic heterocycles. The molecular weight excluding hydrogens is 369 g/mol. The van der Waals surface area contributed by atoms with Gasteiger partial charge in [-0.25, -0.2) is 12.8 Å². The summed E-state index contributed by atoms with van der Waals surface area (Å²) in [6, 6.07) is 13.8. The van der Waals surface area contributed by atoms with Crippen LogP contribution in [0.2, 0.25) is 0 Å². The number of methoxy groups -OCH3 is 1. The number of rotatable bonds is 5. The molecule has 1 atom stereocenters. The van der Waals surface area contributed by atoms with Gasteiger partial charge in [0.15, 0.2) is 0 Å². The van der Waals surface area contributed by atoms with E-state index in [-0.39, 0.29) is 18.0 Å². The molecule has 1 fully saturated rings. The third kappa shape index (κ3) is 3.95. The number of nitriles is 1. The van der Waals surface area contributed by atoms with Gasteiger partial charge in [-0.1, -0.05) is 18.2 Å². The molecule has 27 heavy (non-hydrogen) atoms. The largest absolute Gasteiger partial charge is 0.497 e. The van der Waals surface area contributed by atoms with Crippen molar-refractivity contribution in [2.75, 3.05) is 33.3 Å². The molecule has 0 radical (unpaired) electrons. The molecule has 1 heterocycles. The number of ether oxygens (including phenoxy) is 1. The number of sulfonamides is 1. The summed E-state index contributed by atoms with van der Waals surface area (Å²) in [6.45, 7) is 1.17. The fourth-order valence-corrected chi connectivity index (χ4v) is 4.57. The van der Waals surface area contributed by atoms with Gasteiger partial charge in [-0.15, -0.1) is 0 Å². The van der Waals surface area contributed by atoms with Crippen LogP contribution in [0.15, 0.2) is 53.4 Å². The molecule has 2 aromatic carbocycles. The van der Waals surface area contributed by atoms with Crippen molar-refractivity contribution in [1.29, 1.82) is 5.26 Å². The average molecular weight is 389 g/mol. The summed E-state index contributed by atoms with van der Waals surface area (Å²) in [7, 11) is -2.10. The Balaban J connectivity index is 1.72. The van der Waals surface area contributed by atoms with Crippen molar-refractivity contribution in [1.82, 2.24) is 9.21 Å². The molecule has 0 amide bonds. The predicted octanol–water partition coefficient (Wildman–Crippen LogP) is 2.41. The third-order valence-corrected chi connectivity index (χ3v) is 6.57. The highest BCUT2D eigenvalue weighted by atomic mass is 32.2. The topological polar surface area (TPSA) is 73.6 Å². The average Bonchev–Trinajstić information content (AvgIpc) is 2.70. The van der Waals surface area contributed by atoms with Crippen LogP contribution >= 0.6 is 0 Å². The van der Waals surface area contributed by atoms with Crippen molar-refractivity contribution in [2.24, 2.45) is 0 Å². The second-order valence-corrected chi connectivity index (χ2v) is 8.11. The van der Waals surface area contributed by atoms with Crippen LogP contribution in [0.25, 0.3) is 0 Å². The Labute approximate surface area is 158 Å². The zero-order chi connectivity index (χ0) is 19.4. The molecule has 8 heteroatoms. The highest BCUT2D eigenvalue weighted by Crippen LogP contribution is 2.26. The van der Waals surface area contributed by atoms with E-state index in [2.05, 4.69) is 6.07 Å². The minimum atomic E-state index is -3.62. The van der Waals surface area contributed by atoms with Crippen LogP contribution in [0.1, 0.15) is 11.6 Å². The maximum Gasteiger partial charge on any atom is 0.243 e. The zero-order valence-electron chi connectivity index (χ0n) is 14.9. The van der Waals surface area contributed by atoms with Crippen LogP contribution in [-0.4, -0.2) is 50.9 Å². The van der Waals surface area contributed by atoms with Crippen LogP contribution in [0.3, 0.4) is 0 Å². The van der Waals surface area contributed by atoms with Gasteiger partial charge in [-0.05, 0) is 30.3 Å². The van der Waals surface area contributed by atoms with E-state index in [1.165, 1.54) is 29.6 Å². The number of piperazine rings is 1. The maximum absolute atomic E-state index is 14.0. The molecule has 0 saturated carbocycles. The van der Waals surface area contributed by atoms with Gasteiger partial charge in [-0.3, -0.25) is 4.90 Å². The minimum Gasteiger partial charge on any atom is -0.497 e.